The molecule has 0 spiro atoms. The molecular weight excluding hydrogens is 210 g/mol. The largest absolute Gasteiger partial charge is 0.334 e. The molecule has 0 heterocycles. The molecular formula is C14H25NSi. The molecule has 1 rings (SSSR count). The zero-order valence-corrected chi connectivity index (χ0v) is 12.5. The van der Waals surface area contributed by atoms with Gasteiger partial charge in [0.05, 0.1) is 0 Å². The third kappa shape index (κ3) is 4.50. The maximum absolute atomic E-state index is 3.64. The molecule has 0 amide bonds. The summed E-state index contributed by atoms with van der Waals surface area (Å²) in [7, 11) is -1.14. The van der Waals surface area contributed by atoms with Crippen molar-refractivity contribution in [2.75, 3.05) is 0 Å². The maximum Gasteiger partial charge on any atom is 0.116 e. The van der Waals surface area contributed by atoms with Gasteiger partial charge in [0.2, 0.25) is 0 Å². The van der Waals surface area contributed by atoms with E-state index in [1.54, 1.807) is 0 Å². The fraction of sp³-hybridized carbons (Fsp3) is 0.571. The summed E-state index contributed by atoms with van der Waals surface area (Å²) in [5.41, 5.74) is 3.05. The molecule has 0 fully saturated rings. The summed E-state index contributed by atoms with van der Waals surface area (Å²) in [4.78, 5) is 3.64. The van der Waals surface area contributed by atoms with Gasteiger partial charge in [0.1, 0.15) is 8.24 Å². The van der Waals surface area contributed by atoms with Gasteiger partial charge in [0, 0.05) is 6.54 Å². The molecule has 0 saturated heterocycles. The second kappa shape index (κ2) is 4.72. The Balaban J connectivity index is 2.66. The van der Waals surface area contributed by atoms with Crippen LogP contribution >= 0.6 is 0 Å². The van der Waals surface area contributed by atoms with E-state index < -0.39 is 8.24 Å². The minimum Gasteiger partial charge on any atom is -0.334 e. The summed E-state index contributed by atoms with van der Waals surface area (Å²) < 4.78 is 0. The monoisotopic (exact) mass is 235 g/mol. The highest BCUT2D eigenvalue weighted by molar-refractivity contribution is 6.73. The lowest BCUT2D eigenvalue weighted by atomic mass is 9.87. The first-order valence-corrected chi connectivity index (χ1v) is 9.53. The Kier molecular flexibility index (Phi) is 3.97. The van der Waals surface area contributed by atoms with Crippen LogP contribution in [0.15, 0.2) is 24.3 Å². The molecule has 2 heteroatoms. The average molecular weight is 235 g/mol. The maximum atomic E-state index is 3.64. The number of rotatable bonds is 3. The van der Waals surface area contributed by atoms with E-state index in [0.717, 1.165) is 6.54 Å². The van der Waals surface area contributed by atoms with Gasteiger partial charge in [-0.25, -0.2) is 0 Å². The number of benzene rings is 1. The van der Waals surface area contributed by atoms with E-state index >= 15 is 0 Å². The molecule has 0 saturated carbocycles. The Labute approximate surface area is 101 Å². The van der Waals surface area contributed by atoms with Gasteiger partial charge < -0.3 is 4.98 Å². The summed E-state index contributed by atoms with van der Waals surface area (Å²) in [6.45, 7) is 14.7. The van der Waals surface area contributed by atoms with Gasteiger partial charge >= 0.3 is 0 Å². The standard InChI is InChI=1S/C14H25NSi/c1-14(2,3)13-9-7-12(8-10-13)11-15-16(4,5)6/h7-10,15H,11H2,1-6H3. The van der Waals surface area contributed by atoms with Gasteiger partial charge in [0.15, 0.2) is 0 Å². The minimum atomic E-state index is -1.14. The van der Waals surface area contributed by atoms with Crippen molar-refractivity contribution >= 4 is 8.24 Å². The molecule has 0 bridgehead atoms. The van der Waals surface area contributed by atoms with Crippen molar-refractivity contribution in [3.05, 3.63) is 35.4 Å². The van der Waals surface area contributed by atoms with Crippen LogP contribution in [0.5, 0.6) is 0 Å². The van der Waals surface area contributed by atoms with Gasteiger partial charge in [-0.15, -0.1) is 0 Å². The average Bonchev–Trinajstić information content (AvgIpc) is 2.13. The summed E-state index contributed by atoms with van der Waals surface area (Å²) in [5, 5.41) is 0. The lowest BCUT2D eigenvalue weighted by Gasteiger charge is -2.21. The topological polar surface area (TPSA) is 12.0 Å². The molecule has 1 aromatic carbocycles. The normalized spacial score (nSPS) is 12.9. The van der Waals surface area contributed by atoms with Gasteiger partial charge in [0.25, 0.3) is 0 Å². The van der Waals surface area contributed by atoms with E-state index in [0.29, 0.717) is 0 Å². The van der Waals surface area contributed by atoms with E-state index in [4.69, 9.17) is 0 Å². The van der Waals surface area contributed by atoms with Crippen LogP contribution < -0.4 is 4.98 Å². The molecule has 0 unspecified atom stereocenters. The molecule has 0 radical (unpaired) electrons. The first-order valence-electron chi connectivity index (χ1n) is 6.03. The van der Waals surface area contributed by atoms with Crippen LogP contribution in [0.2, 0.25) is 19.6 Å². The molecule has 0 aliphatic carbocycles. The molecule has 0 aliphatic rings. The molecule has 1 aromatic rings. The summed E-state index contributed by atoms with van der Waals surface area (Å²) in [5.74, 6) is 0. The van der Waals surface area contributed by atoms with Crippen molar-refractivity contribution in [2.24, 2.45) is 0 Å². The first-order chi connectivity index (χ1) is 7.18. The highest BCUT2D eigenvalue weighted by atomic mass is 28.3. The minimum absolute atomic E-state index is 0.255. The number of nitrogens with one attached hydrogen (secondary N) is 1. The van der Waals surface area contributed by atoms with Gasteiger partial charge in [-0.05, 0) is 16.5 Å². The molecule has 0 atom stereocenters. The lowest BCUT2D eigenvalue weighted by Crippen LogP contribution is -2.40. The molecule has 1 N–H and O–H groups in total. The van der Waals surface area contributed by atoms with Crippen LogP contribution in [0.4, 0.5) is 0 Å². The smallest absolute Gasteiger partial charge is 0.116 e. The zero-order chi connectivity index (χ0) is 12.4. The van der Waals surface area contributed by atoms with Crippen molar-refractivity contribution in [1.29, 1.82) is 0 Å². The predicted molar refractivity (Wildman–Crippen MR) is 75.3 cm³/mol. The number of hydrogen-bond donors (Lipinski definition) is 1. The molecule has 16 heavy (non-hydrogen) atoms. The van der Waals surface area contributed by atoms with Crippen LogP contribution in [-0.2, 0) is 12.0 Å². The third-order valence-electron chi connectivity index (χ3n) is 2.64. The predicted octanol–water partition coefficient (Wildman–Crippen LogP) is 3.91. The SMILES string of the molecule is CC(C)(C)c1ccc(CN[Si](C)(C)C)cc1. The van der Waals surface area contributed by atoms with Crippen LogP contribution in [-0.4, -0.2) is 8.24 Å². The summed E-state index contributed by atoms with van der Waals surface area (Å²) in [6.07, 6.45) is 0. The van der Waals surface area contributed by atoms with E-state index in [-0.39, 0.29) is 5.41 Å². The molecule has 1 nitrogen and oxygen atoms in total. The van der Waals surface area contributed by atoms with Crippen LogP contribution in [0, 0.1) is 0 Å². The third-order valence-corrected chi connectivity index (χ3v) is 3.88. The van der Waals surface area contributed by atoms with E-state index in [9.17, 15) is 0 Å². The number of hydrogen-bond acceptors (Lipinski definition) is 1. The molecule has 0 aromatic heterocycles. The summed E-state index contributed by atoms with van der Waals surface area (Å²) in [6, 6.07) is 8.99. The van der Waals surface area contributed by atoms with Crippen LogP contribution in [0.1, 0.15) is 31.9 Å². The Morgan fingerprint density at radius 1 is 1.00 bits per heavy atom. The van der Waals surface area contributed by atoms with Crippen LogP contribution in [0.3, 0.4) is 0 Å². The Morgan fingerprint density at radius 2 is 1.50 bits per heavy atom. The van der Waals surface area contributed by atoms with E-state index in [2.05, 4.69) is 69.7 Å². The van der Waals surface area contributed by atoms with Crippen molar-refractivity contribution < 1.29 is 0 Å². The van der Waals surface area contributed by atoms with E-state index in [1.165, 1.54) is 11.1 Å². The highest BCUT2D eigenvalue weighted by Crippen LogP contribution is 2.22. The Bertz CT molecular complexity index is 327. The zero-order valence-electron chi connectivity index (χ0n) is 11.5. The second-order valence-electron chi connectivity index (χ2n) is 6.55. The molecule has 0 aliphatic heterocycles. The second-order valence-corrected chi connectivity index (χ2v) is 11.4. The first kappa shape index (κ1) is 13.5. The van der Waals surface area contributed by atoms with Crippen molar-refractivity contribution in [2.45, 2.75) is 52.4 Å². The van der Waals surface area contributed by atoms with E-state index in [1.807, 2.05) is 0 Å². The fourth-order valence-electron chi connectivity index (χ4n) is 1.49. The summed E-state index contributed by atoms with van der Waals surface area (Å²) >= 11 is 0. The van der Waals surface area contributed by atoms with Crippen LogP contribution in [0.25, 0.3) is 0 Å². The Morgan fingerprint density at radius 3 is 1.88 bits per heavy atom. The molecule has 90 valence electrons. The van der Waals surface area contributed by atoms with Crippen molar-refractivity contribution in [3.63, 3.8) is 0 Å². The van der Waals surface area contributed by atoms with Crippen molar-refractivity contribution in [1.82, 2.24) is 4.98 Å². The highest BCUT2D eigenvalue weighted by Gasteiger charge is 2.14. The Hall–Kier alpha value is -0.603. The van der Waals surface area contributed by atoms with Crippen molar-refractivity contribution in [3.8, 4) is 0 Å². The van der Waals surface area contributed by atoms with Gasteiger partial charge in [-0.1, -0.05) is 64.7 Å². The quantitative estimate of drug-likeness (QED) is 0.783. The fourth-order valence-corrected chi connectivity index (χ4v) is 2.22. The van der Waals surface area contributed by atoms with Gasteiger partial charge in [-0.3, -0.25) is 0 Å². The lowest BCUT2D eigenvalue weighted by molar-refractivity contribution is 0.590. The van der Waals surface area contributed by atoms with Gasteiger partial charge in [-0.2, -0.15) is 0 Å².